The van der Waals surface area contributed by atoms with Gasteiger partial charge in [-0.1, -0.05) is 18.2 Å². The first kappa shape index (κ1) is 15.9. The van der Waals surface area contributed by atoms with Crippen LogP contribution in [0.15, 0.2) is 48.7 Å². The van der Waals surface area contributed by atoms with E-state index in [1.54, 1.807) is 62.6 Å². The molecule has 6 nitrogen and oxygen atoms in total. The quantitative estimate of drug-likeness (QED) is 0.712. The number of likely N-dealkylation sites (N-methyl/N-ethyl adjacent to an activating group) is 1. The summed E-state index contributed by atoms with van der Waals surface area (Å²) in [7, 11) is 1.62. The van der Waals surface area contributed by atoms with Gasteiger partial charge in [0.1, 0.15) is 18.2 Å². The predicted molar refractivity (Wildman–Crippen MR) is 96.2 cm³/mol. The molecule has 2 aromatic rings. The van der Waals surface area contributed by atoms with Gasteiger partial charge in [-0.05, 0) is 36.8 Å². The Bertz CT molecular complexity index is 726. The highest BCUT2D eigenvalue weighted by molar-refractivity contribution is 5.72. The Morgan fingerprint density at radius 1 is 1.32 bits per heavy atom. The van der Waals surface area contributed by atoms with E-state index in [2.05, 4.69) is 4.98 Å². The molecule has 0 radical (unpaired) electrons. The summed E-state index contributed by atoms with van der Waals surface area (Å²) in [6.07, 6.45) is 0.976. The van der Waals surface area contributed by atoms with Gasteiger partial charge in [-0.3, -0.25) is 0 Å². The number of ether oxygens (including phenoxy) is 2. The van der Waals surface area contributed by atoms with Crippen LogP contribution in [0.3, 0.4) is 0 Å². The van der Waals surface area contributed by atoms with Crippen molar-refractivity contribution in [2.75, 3.05) is 31.7 Å². The maximum atomic E-state index is 11.2. The Morgan fingerprint density at radius 2 is 2.08 bits per heavy atom. The van der Waals surface area contributed by atoms with E-state index >= 15 is 0 Å². The molecular formula is C19H24N2O4. The highest BCUT2D eigenvalue weighted by Crippen LogP contribution is 2.15. The molecule has 1 N–H and O–H groups in total. The van der Waals surface area contributed by atoms with Crippen LogP contribution < -0.4 is 9.64 Å². The molecule has 6 heteroatoms. The van der Waals surface area contributed by atoms with Crippen molar-refractivity contribution in [2.45, 2.75) is 19.4 Å². The summed E-state index contributed by atoms with van der Waals surface area (Å²) >= 11 is 0. The minimum absolute atomic E-state index is 0.184. The number of carboxylic acids is 1. The van der Waals surface area contributed by atoms with Crippen LogP contribution in [-0.4, -0.2) is 48.9 Å². The molecule has 0 aliphatic rings. The van der Waals surface area contributed by atoms with E-state index in [9.17, 15) is 4.79 Å². The molecule has 25 heavy (non-hydrogen) atoms. The average Bonchev–Trinajstić information content (AvgIpc) is 2.67. The Hall–Kier alpha value is -2.60. The van der Waals surface area contributed by atoms with Gasteiger partial charge in [0.25, 0.3) is 0 Å². The van der Waals surface area contributed by atoms with Crippen LogP contribution in [0.2, 0.25) is 0 Å². The molecule has 0 aliphatic carbocycles. The Balaban J connectivity index is 1.95. The molecule has 134 valence electrons. The summed E-state index contributed by atoms with van der Waals surface area (Å²) in [5.41, 5.74) is 0.803. The zero-order valence-electron chi connectivity index (χ0n) is 16.4. The lowest BCUT2D eigenvalue weighted by atomic mass is 10.1. The van der Waals surface area contributed by atoms with Gasteiger partial charge in [0.15, 0.2) is 6.10 Å². The van der Waals surface area contributed by atoms with Crippen molar-refractivity contribution in [2.24, 2.45) is 0 Å². The normalized spacial score (nSPS) is 13.5. The van der Waals surface area contributed by atoms with Crippen molar-refractivity contribution < 1.29 is 22.1 Å². The van der Waals surface area contributed by atoms with Gasteiger partial charge < -0.3 is 19.5 Å². The highest BCUT2D eigenvalue weighted by atomic mass is 16.5. The van der Waals surface area contributed by atoms with E-state index in [0.29, 0.717) is 18.2 Å². The number of hydrogen-bond donors (Lipinski definition) is 1. The maximum Gasteiger partial charge on any atom is 0.333 e. The van der Waals surface area contributed by atoms with Crippen LogP contribution in [-0.2, 0) is 16.0 Å². The first-order valence-electron chi connectivity index (χ1n) is 9.04. The lowest BCUT2D eigenvalue weighted by Crippen LogP contribution is -2.26. The van der Waals surface area contributed by atoms with Crippen molar-refractivity contribution in [1.29, 1.82) is 0 Å². The number of rotatable bonds is 10. The lowest BCUT2D eigenvalue weighted by molar-refractivity contribution is -0.149. The van der Waals surface area contributed by atoms with Crippen LogP contribution in [0.5, 0.6) is 5.75 Å². The van der Waals surface area contributed by atoms with Crippen molar-refractivity contribution in [1.82, 2.24) is 4.98 Å². The van der Waals surface area contributed by atoms with Gasteiger partial charge in [-0.25, -0.2) is 9.78 Å². The second kappa shape index (κ2) is 9.64. The fourth-order valence-electron chi connectivity index (χ4n) is 2.20. The van der Waals surface area contributed by atoms with Gasteiger partial charge in [0.05, 0.1) is 9.24 Å². The number of carbonyl (C=O) groups is 1. The third-order valence-corrected chi connectivity index (χ3v) is 3.52. The number of benzene rings is 1. The SMILES string of the molecule is [3H]C([3H])(COc1ccc(CC(OCC)C(=O)O)cc1)N(C)c1ccccn1. The molecule has 0 spiro atoms. The number of anilines is 1. The summed E-state index contributed by atoms with van der Waals surface area (Å²) in [5, 5.41) is 9.14. The second-order valence-corrected chi connectivity index (χ2v) is 5.32. The molecule has 1 unspecified atom stereocenters. The van der Waals surface area contributed by atoms with E-state index in [-0.39, 0.29) is 13.0 Å². The number of nitrogens with zero attached hydrogens (tertiary/aromatic N) is 2. The zero-order valence-corrected chi connectivity index (χ0v) is 14.4. The summed E-state index contributed by atoms with van der Waals surface area (Å²) < 4.78 is 27.2. The van der Waals surface area contributed by atoms with Gasteiger partial charge in [0.2, 0.25) is 0 Å². The Labute approximate surface area is 150 Å². The number of aliphatic carboxylic acids is 1. The van der Waals surface area contributed by atoms with Gasteiger partial charge in [-0.2, -0.15) is 0 Å². The summed E-state index contributed by atoms with van der Waals surface area (Å²) in [6.45, 7) is 0.145. The Kier molecular flexibility index (Phi) is 6.13. The van der Waals surface area contributed by atoms with E-state index in [0.717, 1.165) is 5.56 Å². The van der Waals surface area contributed by atoms with Crippen molar-refractivity contribution in [3.63, 3.8) is 0 Å². The van der Waals surface area contributed by atoms with E-state index in [4.69, 9.17) is 17.3 Å². The fraction of sp³-hybridized carbons (Fsp3) is 0.368. The molecule has 1 aromatic heterocycles. The molecule has 1 aromatic carbocycles. The maximum absolute atomic E-state index is 11.2. The Morgan fingerprint density at radius 3 is 2.68 bits per heavy atom. The smallest absolute Gasteiger partial charge is 0.333 e. The molecule has 0 saturated carbocycles. The number of pyridine rings is 1. The predicted octanol–water partition coefficient (Wildman–Crippen LogP) is 2.63. The largest absolute Gasteiger partial charge is 0.492 e. The van der Waals surface area contributed by atoms with Crippen LogP contribution >= 0.6 is 0 Å². The van der Waals surface area contributed by atoms with Crippen molar-refractivity contribution >= 4 is 11.8 Å². The first-order chi connectivity index (χ1) is 12.8. The number of carboxylic acid groups (broad SMARTS) is 1. The van der Waals surface area contributed by atoms with E-state index in [1.165, 1.54) is 4.90 Å². The molecule has 0 fully saturated rings. The second-order valence-electron chi connectivity index (χ2n) is 5.32. The third kappa shape index (κ3) is 6.08. The monoisotopic (exact) mass is 348 g/mol. The minimum Gasteiger partial charge on any atom is -0.492 e. The van der Waals surface area contributed by atoms with Crippen LogP contribution in [0.1, 0.15) is 15.2 Å². The van der Waals surface area contributed by atoms with Gasteiger partial charge in [-0.15, -0.1) is 0 Å². The fourth-order valence-corrected chi connectivity index (χ4v) is 2.20. The summed E-state index contributed by atoms with van der Waals surface area (Å²) in [4.78, 5) is 16.7. The molecule has 1 heterocycles. The molecule has 2 rings (SSSR count). The van der Waals surface area contributed by atoms with E-state index in [1.807, 2.05) is 0 Å². The molecule has 0 bridgehead atoms. The highest BCUT2D eigenvalue weighted by Gasteiger charge is 2.17. The van der Waals surface area contributed by atoms with Crippen molar-refractivity contribution in [3.05, 3.63) is 54.2 Å². The van der Waals surface area contributed by atoms with Gasteiger partial charge in [0, 0.05) is 26.3 Å². The zero-order chi connectivity index (χ0) is 19.9. The van der Waals surface area contributed by atoms with Crippen LogP contribution in [0, 0.1) is 0 Å². The van der Waals surface area contributed by atoms with Crippen molar-refractivity contribution in [3.8, 4) is 5.75 Å². The molecule has 0 amide bonds. The van der Waals surface area contributed by atoms with Crippen LogP contribution in [0.25, 0.3) is 0 Å². The molecule has 0 saturated heterocycles. The molecular weight excluding hydrogens is 320 g/mol. The van der Waals surface area contributed by atoms with E-state index < -0.39 is 18.6 Å². The standard InChI is InChI=1S/C19H24N2O4/c1-3-24-17(19(22)23)14-15-7-9-16(10-8-15)25-13-12-21(2)18-6-4-5-11-20-18/h4-11,17H,3,12-14H2,1-2H3,(H,22,23)/i12T2. The first-order valence-corrected chi connectivity index (χ1v) is 8.04. The lowest BCUT2D eigenvalue weighted by Gasteiger charge is -2.18. The summed E-state index contributed by atoms with van der Waals surface area (Å²) in [6, 6.07) is 12.2. The van der Waals surface area contributed by atoms with Crippen LogP contribution in [0.4, 0.5) is 5.82 Å². The minimum atomic E-state index is -1.75. The molecule has 1 atom stereocenters. The number of aromatic nitrogens is 1. The topological polar surface area (TPSA) is 71.9 Å². The number of hydrogen-bond acceptors (Lipinski definition) is 5. The molecule has 0 aliphatic heterocycles. The summed E-state index contributed by atoms with van der Waals surface area (Å²) in [5.74, 6) is 0.0142. The van der Waals surface area contributed by atoms with Gasteiger partial charge >= 0.3 is 5.97 Å². The average molecular weight is 348 g/mol. The third-order valence-electron chi connectivity index (χ3n) is 3.52.